The smallest absolute Gasteiger partial charge is 0.262 e. The molecule has 0 aliphatic carbocycles. The third-order valence-electron chi connectivity index (χ3n) is 2.39. The predicted molar refractivity (Wildman–Crippen MR) is 84.7 cm³/mol. The zero-order valence-corrected chi connectivity index (χ0v) is 13.3. The number of hydrogen-bond donors (Lipinski definition) is 1. The zero-order valence-electron chi connectivity index (χ0n) is 10.2. The molecule has 0 aromatic heterocycles. The lowest BCUT2D eigenvalue weighted by Crippen LogP contribution is -2.20. The minimum atomic E-state index is -0.289. The van der Waals surface area contributed by atoms with Crippen LogP contribution in [0.5, 0.6) is 5.75 Å². The van der Waals surface area contributed by atoms with E-state index < -0.39 is 0 Å². The second kappa shape index (κ2) is 6.97. The van der Waals surface area contributed by atoms with Gasteiger partial charge in [0.1, 0.15) is 0 Å². The quantitative estimate of drug-likeness (QED) is 0.836. The number of rotatable bonds is 4. The fourth-order valence-electron chi connectivity index (χ4n) is 1.49. The van der Waals surface area contributed by atoms with Crippen LogP contribution in [0.3, 0.4) is 0 Å². The third-order valence-corrected chi connectivity index (χ3v) is 3.52. The summed E-state index contributed by atoms with van der Waals surface area (Å²) in [4.78, 5) is 11.8. The van der Waals surface area contributed by atoms with E-state index in [1.807, 2.05) is 12.1 Å². The van der Waals surface area contributed by atoms with Crippen LogP contribution in [0.2, 0.25) is 10.0 Å². The van der Waals surface area contributed by atoms with Crippen LogP contribution in [-0.4, -0.2) is 12.5 Å². The van der Waals surface area contributed by atoms with Crippen molar-refractivity contribution < 1.29 is 9.53 Å². The van der Waals surface area contributed by atoms with Crippen molar-refractivity contribution in [3.8, 4) is 5.75 Å². The highest BCUT2D eigenvalue weighted by atomic mass is 79.9. The molecule has 0 spiro atoms. The van der Waals surface area contributed by atoms with E-state index in [2.05, 4.69) is 21.2 Å². The van der Waals surface area contributed by atoms with E-state index >= 15 is 0 Å². The Bertz CT molecular complexity index is 597. The first kappa shape index (κ1) is 15.2. The highest BCUT2D eigenvalue weighted by molar-refractivity contribution is 9.10. The summed E-state index contributed by atoms with van der Waals surface area (Å²) in [5.74, 6) is 0.0186. The molecule has 2 rings (SSSR count). The second-order valence-corrected chi connectivity index (χ2v) is 5.62. The van der Waals surface area contributed by atoms with Gasteiger partial charge in [-0.25, -0.2) is 0 Å². The second-order valence-electron chi connectivity index (χ2n) is 3.89. The van der Waals surface area contributed by atoms with Crippen LogP contribution in [0.25, 0.3) is 0 Å². The van der Waals surface area contributed by atoms with Crippen molar-refractivity contribution >= 4 is 50.7 Å². The molecule has 104 valence electrons. The molecule has 1 N–H and O–H groups in total. The maximum absolute atomic E-state index is 11.8. The molecule has 0 radical (unpaired) electrons. The van der Waals surface area contributed by atoms with Crippen molar-refractivity contribution in [1.29, 1.82) is 0 Å². The molecule has 1 amide bonds. The van der Waals surface area contributed by atoms with Crippen molar-refractivity contribution in [3.63, 3.8) is 0 Å². The molecule has 0 aliphatic rings. The molecular formula is C14H10BrCl2NO2. The first-order chi connectivity index (χ1) is 9.56. The highest BCUT2D eigenvalue weighted by Crippen LogP contribution is 2.32. The Morgan fingerprint density at radius 2 is 1.70 bits per heavy atom. The molecule has 0 fully saturated rings. The van der Waals surface area contributed by atoms with E-state index in [-0.39, 0.29) is 12.5 Å². The average Bonchev–Trinajstić information content (AvgIpc) is 2.41. The summed E-state index contributed by atoms with van der Waals surface area (Å²) in [7, 11) is 0. The Labute approximate surface area is 135 Å². The Morgan fingerprint density at radius 3 is 2.30 bits per heavy atom. The molecule has 2 aromatic rings. The summed E-state index contributed by atoms with van der Waals surface area (Å²) in [6.45, 7) is -0.167. The number of carbonyl (C=O) groups is 1. The first-order valence-corrected chi connectivity index (χ1v) is 7.23. The molecule has 0 bridgehead atoms. The Hall–Kier alpha value is -1.23. The van der Waals surface area contributed by atoms with Crippen molar-refractivity contribution in [2.75, 3.05) is 11.9 Å². The third kappa shape index (κ3) is 4.13. The molecule has 0 saturated carbocycles. The van der Waals surface area contributed by atoms with Gasteiger partial charge in [0, 0.05) is 10.2 Å². The van der Waals surface area contributed by atoms with Crippen LogP contribution in [0, 0.1) is 0 Å². The normalized spacial score (nSPS) is 10.2. The van der Waals surface area contributed by atoms with Crippen LogP contribution in [0.4, 0.5) is 5.69 Å². The molecule has 0 aliphatic heterocycles. The van der Waals surface area contributed by atoms with Crippen molar-refractivity contribution in [1.82, 2.24) is 0 Å². The SMILES string of the molecule is O=C(COc1c(Cl)cccc1Cl)Nc1ccc(Br)cc1. The fraction of sp³-hybridized carbons (Fsp3) is 0.0714. The van der Waals surface area contributed by atoms with E-state index in [0.29, 0.717) is 21.5 Å². The number of nitrogens with one attached hydrogen (secondary N) is 1. The first-order valence-electron chi connectivity index (χ1n) is 5.68. The van der Waals surface area contributed by atoms with Crippen molar-refractivity contribution in [2.45, 2.75) is 0 Å². The number of hydrogen-bond acceptors (Lipinski definition) is 2. The molecular weight excluding hydrogens is 365 g/mol. The molecule has 0 unspecified atom stereocenters. The summed E-state index contributed by atoms with van der Waals surface area (Å²) in [5.41, 5.74) is 0.687. The summed E-state index contributed by atoms with van der Waals surface area (Å²) in [5, 5.41) is 3.45. The van der Waals surface area contributed by atoms with Gasteiger partial charge >= 0.3 is 0 Å². The maximum Gasteiger partial charge on any atom is 0.262 e. The van der Waals surface area contributed by atoms with Gasteiger partial charge in [0.15, 0.2) is 12.4 Å². The molecule has 20 heavy (non-hydrogen) atoms. The number of carbonyl (C=O) groups excluding carboxylic acids is 1. The number of amides is 1. The van der Waals surface area contributed by atoms with Gasteiger partial charge in [-0.3, -0.25) is 4.79 Å². The topological polar surface area (TPSA) is 38.3 Å². The molecule has 0 saturated heterocycles. The van der Waals surface area contributed by atoms with E-state index in [0.717, 1.165) is 4.47 Å². The number of para-hydroxylation sites is 1. The van der Waals surface area contributed by atoms with Crippen LogP contribution >= 0.6 is 39.1 Å². The van der Waals surface area contributed by atoms with Gasteiger partial charge in [-0.15, -0.1) is 0 Å². The van der Waals surface area contributed by atoms with Gasteiger partial charge in [0.25, 0.3) is 5.91 Å². The van der Waals surface area contributed by atoms with E-state index in [1.54, 1.807) is 30.3 Å². The Kier molecular flexibility index (Phi) is 5.29. The van der Waals surface area contributed by atoms with E-state index in [1.165, 1.54) is 0 Å². The van der Waals surface area contributed by atoms with Gasteiger partial charge in [0.05, 0.1) is 10.0 Å². The summed E-state index contributed by atoms with van der Waals surface area (Å²) in [6.07, 6.45) is 0. The predicted octanol–water partition coefficient (Wildman–Crippen LogP) is 4.77. The summed E-state index contributed by atoms with van der Waals surface area (Å²) < 4.78 is 6.28. The van der Waals surface area contributed by atoms with Crippen molar-refractivity contribution in [2.24, 2.45) is 0 Å². The average molecular weight is 375 g/mol. The highest BCUT2D eigenvalue weighted by Gasteiger charge is 2.09. The Balaban J connectivity index is 1.94. The van der Waals surface area contributed by atoms with Crippen LogP contribution in [-0.2, 0) is 4.79 Å². The van der Waals surface area contributed by atoms with E-state index in [9.17, 15) is 4.79 Å². The molecule has 3 nitrogen and oxygen atoms in total. The minimum Gasteiger partial charge on any atom is -0.481 e. The van der Waals surface area contributed by atoms with Gasteiger partial charge in [-0.05, 0) is 36.4 Å². The van der Waals surface area contributed by atoms with Gasteiger partial charge < -0.3 is 10.1 Å². The van der Waals surface area contributed by atoms with Crippen LogP contribution in [0.1, 0.15) is 0 Å². The molecule has 2 aromatic carbocycles. The van der Waals surface area contributed by atoms with Gasteiger partial charge in [-0.2, -0.15) is 0 Å². The molecule has 0 atom stereocenters. The lowest BCUT2D eigenvalue weighted by molar-refractivity contribution is -0.118. The number of anilines is 1. The lowest BCUT2D eigenvalue weighted by Gasteiger charge is -2.10. The standard InChI is InChI=1S/C14H10BrCl2NO2/c15-9-4-6-10(7-5-9)18-13(19)8-20-14-11(16)2-1-3-12(14)17/h1-7H,8H2,(H,18,19). The number of benzene rings is 2. The van der Waals surface area contributed by atoms with Gasteiger partial charge in [0.2, 0.25) is 0 Å². The largest absolute Gasteiger partial charge is 0.481 e. The number of halogens is 3. The zero-order chi connectivity index (χ0) is 14.5. The molecule has 0 heterocycles. The monoisotopic (exact) mass is 373 g/mol. The summed E-state index contributed by atoms with van der Waals surface area (Å²) >= 11 is 15.2. The maximum atomic E-state index is 11.8. The Morgan fingerprint density at radius 1 is 1.10 bits per heavy atom. The van der Waals surface area contributed by atoms with Gasteiger partial charge in [-0.1, -0.05) is 45.2 Å². The van der Waals surface area contributed by atoms with Crippen LogP contribution < -0.4 is 10.1 Å². The fourth-order valence-corrected chi connectivity index (χ4v) is 2.26. The minimum absolute atomic E-state index is 0.167. The lowest BCUT2D eigenvalue weighted by atomic mass is 10.3. The summed E-state index contributed by atoms with van der Waals surface area (Å²) in [6, 6.07) is 12.2. The number of ether oxygens (including phenoxy) is 1. The van der Waals surface area contributed by atoms with Crippen molar-refractivity contribution in [3.05, 3.63) is 57.0 Å². The van der Waals surface area contributed by atoms with E-state index in [4.69, 9.17) is 27.9 Å². The molecule has 6 heteroatoms. The van der Waals surface area contributed by atoms with Crippen LogP contribution in [0.15, 0.2) is 46.9 Å².